The van der Waals surface area contributed by atoms with Crippen molar-refractivity contribution in [3.63, 3.8) is 0 Å². The molecule has 0 aliphatic heterocycles. The fourth-order valence-corrected chi connectivity index (χ4v) is 5.78. The Balaban J connectivity index is 0.000000395. The maximum absolute atomic E-state index is 11.5. The quantitative estimate of drug-likeness (QED) is 0.189. The van der Waals surface area contributed by atoms with Crippen LogP contribution in [0.15, 0.2) is 110 Å². The summed E-state index contributed by atoms with van der Waals surface area (Å²) >= 11 is 0. The molecule has 10 heteroatoms. The van der Waals surface area contributed by atoms with E-state index in [1.165, 1.54) is 22.3 Å². The molecule has 0 aliphatic carbocycles. The second-order valence-corrected chi connectivity index (χ2v) is 21.7. The molecule has 0 radical (unpaired) electrons. The third-order valence-electron chi connectivity index (χ3n) is 10.4. The number of hydrogen-bond acceptors (Lipinski definition) is 5. The summed E-state index contributed by atoms with van der Waals surface area (Å²) in [6.45, 7) is 40.7. The first kappa shape index (κ1) is 55.8. The summed E-state index contributed by atoms with van der Waals surface area (Å²) in [5.74, 6) is 0. The molecule has 0 aliphatic rings. The van der Waals surface area contributed by atoms with Crippen LogP contribution in [-0.4, -0.2) is 23.3 Å². The van der Waals surface area contributed by atoms with Crippen LogP contribution in [0.2, 0.25) is 0 Å². The monoisotopic (exact) mass is 868 g/mol. The molecule has 0 bridgehead atoms. The topological polar surface area (TPSA) is 121 Å². The number of nitrogens with zero attached hydrogens (tertiary/aromatic N) is 4. The highest BCUT2D eigenvalue weighted by molar-refractivity contribution is 5.25. The lowest BCUT2D eigenvalue weighted by Gasteiger charge is -2.21. The number of aromatic amines is 1. The first-order valence-corrected chi connectivity index (χ1v) is 22.0. The van der Waals surface area contributed by atoms with Crippen LogP contribution in [-0.2, 0) is 47.7 Å². The molecule has 5 aromatic heterocycles. The minimum atomic E-state index is -0.0435. The fourth-order valence-electron chi connectivity index (χ4n) is 5.78. The van der Waals surface area contributed by atoms with Gasteiger partial charge in [-0.05, 0) is 88.7 Å². The predicted octanol–water partition coefficient (Wildman–Crippen LogP) is 10.2. The van der Waals surface area contributed by atoms with Crippen molar-refractivity contribution in [2.45, 2.75) is 171 Å². The molecule has 0 unspecified atom stereocenters. The molecule has 5 heterocycles. The Labute approximate surface area is 378 Å². The van der Waals surface area contributed by atoms with E-state index in [9.17, 15) is 24.0 Å². The summed E-state index contributed by atoms with van der Waals surface area (Å²) in [5.41, 5.74) is 7.56. The highest BCUT2D eigenvalue weighted by atomic mass is 16.1. The Bertz CT molecular complexity index is 2480. The van der Waals surface area contributed by atoms with Gasteiger partial charge in [-0.25, -0.2) is 0 Å². The van der Waals surface area contributed by atoms with E-state index < -0.39 is 0 Å². The van der Waals surface area contributed by atoms with Crippen LogP contribution in [0.3, 0.4) is 0 Å². The highest BCUT2D eigenvalue weighted by Crippen LogP contribution is 2.23. The van der Waals surface area contributed by atoms with Crippen LogP contribution in [0.5, 0.6) is 0 Å². The molecular weight excluding hydrogens is 787 g/mol. The van der Waals surface area contributed by atoms with Crippen LogP contribution in [0.4, 0.5) is 0 Å². The van der Waals surface area contributed by atoms with Crippen LogP contribution in [0, 0.1) is 6.92 Å². The highest BCUT2D eigenvalue weighted by Gasteiger charge is 2.17. The van der Waals surface area contributed by atoms with Crippen molar-refractivity contribution in [2.24, 2.45) is 14.1 Å². The van der Waals surface area contributed by atoms with Crippen molar-refractivity contribution in [2.75, 3.05) is 0 Å². The molecule has 0 spiro atoms. The summed E-state index contributed by atoms with van der Waals surface area (Å²) < 4.78 is 6.78. The average molecular weight is 868 g/mol. The van der Waals surface area contributed by atoms with Crippen molar-refractivity contribution in [1.82, 2.24) is 23.3 Å². The molecule has 0 amide bonds. The van der Waals surface area contributed by atoms with Crippen LogP contribution in [0.25, 0.3) is 0 Å². The van der Waals surface area contributed by atoms with Gasteiger partial charge in [-0.3, -0.25) is 24.0 Å². The normalized spacial score (nSPS) is 11.8. The van der Waals surface area contributed by atoms with Crippen LogP contribution < -0.4 is 27.8 Å². The number of aryl methyl sites for hydroxylation is 4. The molecule has 1 N–H and O–H groups in total. The van der Waals surface area contributed by atoms with Gasteiger partial charge in [0.15, 0.2) is 0 Å². The Morgan fingerprint density at radius 2 is 0.889 bits per heavy atom. The fraction of sp³-hybridized carbons (Fsp3) is 0.528. The van der Waals surface area contributed by atoms with Crippen molar-refractivity contribution in [3.05, 3.63) is 171 Å². The lowest BCUT2D eigenvalue weighted by Crippen LogP contribution is -2.23. The lowest BCUT2D eigenvalue weighted by atomic mass is 9.87. The van der Waals surface area contributed by atoms with Gasteiger partial charge in [0.2, 0.25) is 11.1 Å². The van der Waals surface area contributed by atoms with E-state index in [4.69, 9.17) is 0 Å². The molecule has 0 fully saturated rings. The first-order valence-electron chi connectivity index (χ1n) is 22.0. The molecule has 63 heavy (non-hydrogen) atoms. The zero-order chi connectivity index (χ0) is 49.1. The van der Waals surface area contributed by atoms with E-state index in [0.29, 0.717) is 0 Å². The van der Waals surface area contributed by atoms with E-state index in [-0.39, 0.29) is 60.9 Å². The number of hydrogen-bond donors (Lipinski definition) is 1. The SMILES string of the molecule is CC(C)(C)c1ccc(=O)[nH]c1.CC(C)n1cc(C(C)(C)C)ccc1=O.CCn1cc(C(C)(C)C)ccc1=O.Cc1cc(C(C)(C)C)cn(C)c1=O.Cn1cc(C(C)(C)C)ccc1=O. The van der Waals surface area contributed by atoms with Crippen molar-refractivity contribution in [3.8, 4) is 0 Å². The van der Waals surface area contributed by atoms with Crippen molar-refractivity contribution in [1.29, 1.82) is 0 Å². The standard InChI is InChI=1S/C12H19NO.2C11H17NO.C10H15NO.C9H13NO/c1-9(2)13-8-10(12(3,4)5)6-7-11(13)14;1-8-6-9(11(2,3)4)7-12(5)10(8)13;1-5-12-8-9(11(2,3)4)6-7-10(12)13;1-10(2,3)8-5-6-9(12)11(4)7-8;1-9(2,3)7-4-5-8(11)10-6-7/h6-9H,1-5H3;6-7H,1-5H3;6-8H,5H2,1-4H3;5-7H,1-4H3;4-6H,1-3H3,(H,10,11). The number of H-pyrrole nitrogens is 1. The Kier molecular flexibility index (Phi) is 19.8. The minimum absolute atomic E-state index is 0.0435. The average Bonchev–Trinajstić information content (AvgIpc) is 3.14. The second kappa shape index (κ2) is 22.4. The molecule has 5 rings (SSSR count). The van der Waals surface area contributed by atoms with Gasteiger partial charge < -0.3 is 23.3 Å². The maximum Gasteiger partial charge on any atom is 0.253 e. The summed E-state index contributed by atoms with van der Waals surface area (Å²) in [7, 11) is 3.57. The van der Waals surface area contributed by atoms with Crippen LogP contribution in [0.1, 0.15) is 164 Å². The number of aromatic nitrogens is 5. The summed E-state index contributed by atoms with van der Waals surface area (Å²) in [5, 5.41) is 0. The van der Waals surface area contributed by atoms with Crippen molar-refractivity contribution < 1.29 is 0 Å². The smallest absolute Gasteiger partial charge is 0.253 e. The van der Waals surface area contributed by atoms with Gasteiger partial charge in [-0.1, -0.05) is 128 Å². The largest absolute Gasteiger partial charge is 0.329 e. The molecular formula is C53H81N5O5. The molecule has 0 aromatic carbocycles. The third-order valence-corrected chi connectivity index (χ3v) is 10.4. The zero-order valence-electron chi connectivity index (χ0n) is 42.7. The predicted molar refractivity (Wildman–Crippen MR) is 266 cm³/mol. The number of rotatable bonds is 2. The number of pyridine rings is 5. The summed E-state index contributed by atoms with van der Waals surface area (Å²) in [6, 6.07) is 16.2. The molecule has 10 nitrogen and oxygen atoms in total. The Hall–Kier alpha value is -5.25. The Morgan fingerprint density at radius 1 is 0.492 bits per heavy atom. The van der Waals surface area contributed by atoms with Gasteiger partial charge in [0, 0.05) is 87.5 Å². The van der Waals surface area contributed by atoms with E-state index in [0.717, 1.165) is 17.7 Å². The molecule has 0 saturated carbocycles. The van der Waals surface area contributed by atoms with Gasteiger partial charge in [0.1, 0.15) is 0 Å². The van der Waals surface area contributed by atoms with E-state index in [1.807, 2.05) is 82.8 Å². The number of nitrogens with one attached hydrogen (secondary N) is 1. The molecule has 5 aromatic rings. The molecule has 0 atom stereocenters. The Morgan fingerprint density at radius 3 is 1.27 bits per heavy atom. The molecule has 0 saturated heterocycles. The summed E-state index contributed by atoms with van der Waals surface area (Å²) in [6.07, 6.45) is 9.48. The minimum Gasteiger partial charge on any atom is -0.329 e. The van der Waals surface area contributed by atoms with E-state index >= 15 is 0 Å². The van der Waals surface area contributed by atoms with Gasteiger partial charge in [-0.2, -0.15) is 0 Å². The molecule has 348 valence electrons. The van der Waals surface area contributed by atoms with E-state index in [2.05, 4.69) is 109 Å². The van der Waals surface area contributed by atoms with Gasteiger partial charge in [-0.15, -0.1) is 0 Å². The van der Waals surface area contributed by atoms with E-state index in [1.54, 1.807) is 62.8 Å². The van der Waals surface area contributed by atoms with Crippen molar-refractivity contribution >= 4 is 0 Å². The first-order chi connectivity index (χ1) is 28.5. The van der Waals surface area contributed by atoms with Gasteiger partial charge >= 0.3 is 0 Å². The zero-order valence-corrected chi connectivity index (χ0v) is 42.7. The second-order valence-electron chi connectivity index (χ2n) is 21.7. The van der Waals surface area contributed by atoms with Gasteiger partial charge in [0.25, 0.3) is 16.7 Å². The summed E-state index contributed by atoms with van der Waals surface area (Å²) in [4.78, 5) is 58.6. The maximum atomic E-state index is 11.5. The van der Waals surface area contributed by atoms with Crippen LogP contribution >= 0.6 is 0 Å². The van der Waals surface area contributed by atoms with Gasteiger partial charge in [0.05, 0.1) is 0 Å². The lowest BCUT2D eigenvalue weighted by molar-refractivity contribution is 0.541. The third kappa shape index (κ3) is 18.6.